The molecule has 0 bridgehead atoms. The smallest absolute Gasteiger partial charge is 0.318 e. The Balaban J connectivity index is 2.31. The SMILES string of the molecule is COC(=O)C(C)SC/C=C/c1ccccc1. The van der Waals surface area contributed by atoms with Gasteiger partial charge in [0.2, 0.25) is 0 Å². The Kier molecular flexibility index (Phi) is 5.72. The standard InChI is InChI=1S/C13H16O2S/c1-11(13(14)15-2)16-10-6-9-12-7-4-3-5-8-12/h3-9,11H,10H2,1-2H3/b9-6+. The Morgan fingerprint density at radius 1 is 1.44 bits per heavy atom. The molecule has 16 heavy (non-hydrogen) atoms. The minimum Gasteiger partial charge on any atom is -0.468 e. The van der Waals surface area contributed by atoms with Crippen molar-refractivity contribution >= 4 is 23.8 Å². The van der Waals surface area contributed by atoms with E-state index in [-0.39, 0.29) is 11.2 Å². The van der Waals surface area contributed by atoms with Gasteiger partial charge in [-0.1, -0.05) is 42.5 Å². The topological polar surface area (TPSA) is 26.3 Å². The van der Waals surface area contributed by atoms with E-state index in [0.717, 1.165) is 5.75 Å². The van der Waals surface area contributed by atoms with Gasteiger partial charge in [0, 0.05) is 5.75 Å². The second-order valence-corrected chi connectivity index (χ2v) is 4.69. The summed E-state index contributed by atoms with van der Waals surface area (Å²) in [6.07, 6.45) is 4.11. The van der Waals surface area contributed by atoms with Crippen molar-refractivity contribution in [1.82, 2.24) is 0 Å². The minimum absolute atomic E-state index is 0.106. The van der Waals surface area contributed by atoms with E-state index in [1.54, 1.807) is 11.8 Å². The first-order chi connectivity index (χ1) is 7.74. The van der Waals surface area contributed by atoms with E-state index in [4.69, 9.17) is 0 Å². The highest BCUT2D eigenvalue weighted by Gasteiger charge is 2.11. The fourth-order valence-electron chi connectivity index (χ4n) is 1.18. The first-order valence-electron chi connectivity index (χ1n) is 5.15. The number of hydrogen-bond acceptors (Lipinski definition) is 3. The molecule has 0 aliphatic heterocycles. The third-order valence-electron chi connectivity index (χ3n) is 2.09. The first kappa shape index (κ1) is 12.8. The summed E-state index contributed by atoms with van der Waals surface area (Å²) < 4.78 is 4.64. The van der Waals surface area contributed by atoms with Gasteiger partial charge < -0.3 is 4.74 Å². The van der Waals surface area contributed by atoms with Crippen LogP contribution >= 0.6 is 11.8 Å². The fourth-order valence-corrected chi connectivity index (χ4v) is 1.91. The largest absolute Gasteiger partial charge is 0.468 e. The van der Waals surface area contributed by atoms with Crippen molar-refractivity contribution < 1.29 is 9.53 Å². The highest BCUT2D eigenvalue weighted by atomic mass is 32.2. The predicted molar refractivity (Wildman–Crippen MR) is 69.4 cm³/mol. The molecule has 0 saturated carbocycles. The summed E-state index contributed by atoms with van der Waals surface area (Å²) in [6.45, 7) is 1.85. The zero-order chi connectivity index (χ0) is 11.8. The Hall–Kier alpha value is -1.22. The Morgan fingerprint density at radius 3 is 2.75 bits per heavy atom. The summed E-state index contributed by atoms with van der Waals surface area (Å²) in [4.78, 5) is 11.1. The second-order valence-electron chi connectivity index (χ2n) is 3.31. The summed E-state index contributed by atoms with van der Waals surface area (Å²) in [6, 6.07) is 10.1. The van der Waals surface area contributed by atoms with Crippen molar-refractivity contribution in [3.63, 3.8) is 0 Å². The van der Waals surface area contributed by atoms with E-state index in [0.29, 0.717) is 0 Å². The molecular formula is C13H16O2S. The highest BCUT2D eigenvalue weighted by molar-refractivity contribution is 8.00. The quantitative estimate of drug-likeness (QED) is 0.735. The number of benzene rings is 1. The molecular weight excluding hydrogens is 220 g/mol. The maximum Gasteiger partial charge on any atom is 0.318 e. The molecule has 0 amide bonds. The lowest BCUT2D eigenvalue weighted by molar-refractivity contribution is -0.139. The zero-order valence-corrected chi connectivity index (χ0v) is 10.4. The van der Waals surface area contributed by atoms with Crippen LogP contribution < -0.4 is 0 Å². The molecule has 0 N–H and O–H groups in total. The number of ether oxygens (including phenoxy) is 1. The average molecular weight is 236 g/mol. The van der Waals surface area contributed by atoms with Crippen molar-refractivity contribution in [2.45, 2.75) is 12.2 Å². The van der Waals surface area contributed by atoms with E-state index in [2.05, 4.69) is 16.9 Å². The van der Waals surface area contributed by atoms with Crippen LogP contribution in [0.3, 0.4) is 0 Å². The van der Waals surface area contributed by atoms with Gasteiger partial charge in [-0.2, -0.15) is 0 Å². The molecule has 0 aromatic heterocycles. The van der Waals surface area contributed by atoms with Crippen molar-refractivity contribution in [3.05, 3.63) is 42.0 Å². The third-order valence-corrected chi connectivity index (χ3v) is 3.16. The van der Waals surface area contributed by atoms with Crippen LogP contribution in [0.2, 0.25) is 0 Å². The maximum absolute atomic E-state index is 11.1. The van der Waals surface area contributed by atoms with Gasteiger partial charge in [-0.15, -0.1) is 11.8 Å². The van der Waals surface area contributed by atoms with Gasteiger partial charge in [0.15, 0.2) is 0 Å². The van der Waals surface area contributed by atoms with Crippen LogP contribution in [0.4, 0.5) is 0 Å². The highest BCUT2D eigenvalue weighted by Crippen LogP contribution is 2.12. The van der Waals surface area contributed by atoms with Crippen molar-refractivity contribution in [3.8, 4) is 0 Å². The Bertz CT molecular complexity index is 346. The molecule has 1 aromatic rings. The van der Waals surface area contributed by atoms with Crippen LogP contribution in [-0.2, 0) is 9.53 Å². The van der Waals surface area contributed by atoms with Gasteiger partial charge in [0.25, 0.3) is 0 Å². The zero-order valence-electron chi connectivity index (χ0n) is 9.55. The van der Waals surface area contributed by atoms with Crippen LogP contribution in [-0.4, -0.2) is 24.1 Å². The number of rotatable bonds is 5. The van der Waals surface area contributed by atoms with E-state index in [1.165, 1.54) is 12.7 Å². The van der Waals surface area contributed by atoms with E-state index in [1.807, 2.05) is 37.3 Å². The van der Waals surface area contributed by atoms with Crippen LogP contribution in [0.5, 0.6) is 0 Å². The fraction of sp³-hybridized carbons (Fsp3) is 0.308. The van der Waals surface area contributed by atoms with Crippen molar-refractivity contribution in [1.29, 1.82) is 0 Å². The lowest BCUT2D eigenvalue weighted by atomic mass is 10.2. The summed E-state index contributed by atoms with van der Waals surface area (Å²) in [5.74, 6) is 0.642. The molecule has 1 atom stereocenters. The Labute approximate surface area is 101 Å². The van der Waals surface area contributed by atoms with Crippen LogP contribution in [0.15, 0.2) is 36.4 Å². The lowest BCUT2D eigenvalue weighted by Crippen LogP contribution is -2.14. The molecule has 2 nitrogen and oxygen atoms in total. The van der Waals surface area contributed by atoms with Gasteiger partial charge >= 0.3 is 5.97 Å². The van der Waals surface area contributed by atoms with E-state index >= 15 is 0 Å². The summed E-state index contributed by atoms with van der Waals surface area (Å²) in [5.41, 5.74) is 1.17. The first-order valence-corrected chi connectivity index (χ1v) is 6.20. The summed E-state index contributed by atoms with van der Waals surface area (Å²) in [7, 11) is 1.42. The molecule has 0 radical (unpaired) electrons. The predicted octanol–water partition coefficient (Wildman–Crippen LogP) is 2.99. The number of hydrogen-bond donors (Lipinski definition) is 0. The van der Waals surface area contributed by atoms with E-state index < -0.39 is 0 Å². The monoisotopic (exact) mass is 236 g/mol. The maximum atomic E-state index is 11.1. The lowest BCUT2D eigenvalue weighted by Gasteiger charge is -2.05. The minimum atomic E-state index is -0.168. The number of carbonyl (C=O) groups is 1. The number of thioether (sulfide) groups is 1. The van der Waals surface area contributed by atoms with Crippen LogP contribution in [0, 0.1) is 0 Å². The number of carbonyl (C=O) groups excluding carboxylic acids is 1. The van der Waals surface area contributed by atoms with E-state index in [9.17, 15) is 4.79 Å². The molecule has 3 heteroatoms. The Morgan fingerprint density at radius 2 is 2.12 bits per heavy atom. The van der Waals surface area contributed by atoms with Gasteiger partial charge in [-0.05, 0) is 12.5 Å². The molecule has 1 rings (SSSR count). The van der Waals surface area contributed by atoms with Crippen molar-refractivity contribution in [2.24, 2.45) is 0 Å². The molecule has 1 unspecified atom stereocenters. The normalized spacial score (nSPS) is 12.6. The molecule has 0 aliphatic carbocycles. The molecule has 0 heterocycles. The summed E-state index contributed by atoms with van der Waals surface area (Å²) in [5, 5.41) is -0.106. The third kappa shape index (κ3) is 4.53. The van der Waals surface area contributed by atoms with Crippen LogP contribution in [0.25, 0.3) is 6.08 Å². The molecule has 0 saturated heterocycles. The molecule has 0 spiro atoms. The van der Waals surface area contributed by atoms with Gasteiger partial charge in [-0.25, -0.2) is 0 Å². The van der Waals surface area contributed by atoms with Gasteiger partial charge in [0.05, 0.1) is 12.4 Å². The second kappa shape index (κ2) is 7.12. The number of methoxy groups -OCH3 is 1. The van der Waals surface area contributed by atoms with Crippen molar-refractivity contribution in [2.75, 3.05) is 12.9 Å². The molecule has 0 aliphatic rings. The average Bonchev–Trinajstić information content (AvgIpc) is 2.34. The van der Waals surface area contributed by atoms with Gasteiger partial charge in [0.1, 0.15) is 0 Å². The molecule has 86 valence electrons. The summed E-state index contributed by atoms with van der Waals surface area (Å²) >= 11 is 1.57. The molecule has 1 aromatic carbocycles. The van der Waals surface area contributed by atoms with Gasteiger partial charge in [-0.3, -0.25) is 4.79 Å². The van der Waals surface area contributed by atoms with Crippen LogP contribution in [0.1, 0.15) is 12.5 Å². The number of esters is 1. The molecule has 0 fully saturated rings.